The number of rotatable bonds is 5. The molecule has 0 radical (unpaired) electrons. The van der Waals surface area contributed by atoms with E-state index in [0.29, 0.717) is 0 Å². The molecule has 0 fully saturated rings. The summed E-state index contributed by atoms with van der Waals surface area (Å²) in [6.45, 7) is 9.45. The number of anilines is 4. The van der Waals surface area contributed by atoms with E-state index in [2.05, 4.69) is 214 Å². The summed E-state index contributed by atoms with van der Waals surface area (Å²) >= 11 is 0. The van der Waals surface area contributed by atoms with Crippen LogP contribution in [0.25, 0.3) is 54.9 Å². The molecule has 0 spiro atoms. The fourth-order valence-corrected chi connectivity index (χ4v) is 10.6. The molecule has 0 aromatic heterocycles. The minimum atomic E-state index is -0.248. The van der Waals surface area contributed by atoms with Crippen molar-refractivity contribution in [2.75, 3.05) is 10.2 Å². The molecule has 2 aliphatic carbocycles. The van der Waals surface area contributed by atoms with Crippen molar-refractivity contribution < 1.29 is 4.74 Å². The highest BCUT2D eigenvalue weighted by atomic mass is 16.5. The zero-order valence-electron chi connectivity index (χ0n) is 34.3. The molecule has 0 amide bonds. The van der Waals surface area contributed by atoms with Gasteiger partial charge in [-0.25, -0.2) is 0 Å². The number of hydrogen-bond donors (Lipinski definition) is 1. The van der Waals surface area contributed by atoms with E-state index < -0.39 is 0 Å². The van der Waals surface area contributed by atoms with Gasteiger partial charge in [0.1, 0.15) is 0 Å². The van der Waals surface area contributed by atoms with Crippen LogP contribution in [0.5, 0.6) is 5.75 Å². The highest BCUT2D eigenvalue weighted by Crippen LogP contribution is 2.54. The summed E-state index contributed by atoms with van der Waals surface area (Å²) in [4.78, 5) is 2.45. The summed E-state index contributed by atoms with van der Waals surface area (Å²) in [5.41, 5.74) is 18.5. The number of nitrogens with one attached hydrogen (secondary N) is 1. The van der Waals surface area contributed by atoms with Gasteiger partial charge in [0.05, 0.1) is 5.69 Å². The van der Waals surface area contributed by atoms with Crippen LogP contribution in [0.15, 0.2) is 182 Å². The average molecular weight is 773 g/mol. The molecule has 9 aromatic carbocycles. The Morgan fingerprint density at radius 1 is 0.417 bits per heavy atom. The van der Waals surface area contributed by atoms with Crippen LogP contribution in [-0.4, -0.2) is 0 Å². The van der Waals surface area contributed by atoms with Crippen molar-refractivity contribution in [2.24, 2.45) is 0 Å². The fraction of sp³-hybridized carbons (Fsp3) is 0.123. The molecule has 9 aromatic rings. The van der Waals surface area contributed by atoms with Gasteiger partial charge in [-0.15, -0.1) is 0 Å². The second kappa shape index (κ2) is 12.7. The van der Waals surface area contributed by atoms with E-state index in [-0.39, 0.29) is 17.1 Å². The summed E-state index contributed by atoms with van der Waals surface area (Å²) < 4.78 is 6.77. The van der Waals surface area contributed by atoms with Gasteiger partial charge in [0.2, 0.25) is 0 Å². The maximum atomic E-state index is 6.77. The number of hydrogen-bond acceptors (Lipinski definition) is 3. The predicted molar refractivity (Wildman–Crippen MR) is 250 cm³/mol. The molecule has 1 aliphatic heterocycles. The molecule has 12 rings (SSSR count). The van der Waals surface area contributed by atoms with Gasteiger partial charge >= 0.3 is 0 Å². The number of benzene rings is 9. The third-order valence-corrected chi connectivity index (χ3v) is 13.7. The molecule has 1 heterocycles. The summed E-state index contributed by atoms with van der Waals surface area (Å²) in [6.07, 6.45) is -0.248. The maximum absolute atomic E-state index is 6.77. The molecule has 0 saturated carbocycles. The Morgan fingerprint density at radius 2 is 0.917 bits per heavy atom. The first-order chi connectivity index (χ1) is 29.3. The summed E-state index contributed by atoms with van der Waals surface area (Å²) in [5.74, 6) is 0.908. The van der Waals surface area contributed by atoms with E-state index in [0.717, 1.165) is 50.6 Å². The van der Waals surface area contributed by atoms with Gasteiger partial charge in [-0.05, 0) is 109 Å². The smallest absolute Gasteiger partial charge is 0.196 e. The number of ether oxygens (including phenoxy) is 1. The highest BCUT2D eigenvalue weighted by molar-refractivity contribution is 6.18. The van der Waals surface area contributed by atoms with Crippen LogP contribution in [0.2, 0.25) is 0 Å². The van der Waals surface area contributed by atoms with Crippen molar-refractivity contribution in [1.82, 2.24) is 0 Å². The predicted octanol–water partition coefficient (Wildman–Crippen LogP) is 15.2. The largest absolute Gasteiger partial charge is 0.464 e. The van der Waals surface area contributed by atoms with Crippen LogP contribution in [0, 0.1) is 0 Å². The first kappa shape index (κ1) is 34.9. The first-order valence-electron chi connectivity index (χ1n) is 21.1. The quantitative estimate of drug-likeness (QED) is 0.176. The normalized spacial score (nSPS) is 16.0. The molecule has 0 bridgehead atoms. The Bertz CT molecular complexity index is 3110. The third kappa shape index (κ3) is 5.02. The molecule has 60 heavy (non-hydrogen) atoms. The minimum Gasteiger partial charge on any atom is -0.464 e. The van der Waals surface area contributed by atoms with Crippen LogP contribution in [0.1, 0.15) is 61.7 Å². The second-order valence-electron chi connectivity index (χ2n) is 17.7. The lowest BCUT2D eigenvalue weighted by atomic mass is 9.82. The van der Waals surface area contributed by atoms with Gasteiger partial charge in [-0.1, -0.05) is 167 Å². The molecule has 288 valence electrons. The van der Waals surface area contributed by atoms with Gasteiger partial charge < -0.3 is 15.0 Å². The maximum Gasteiger partial charge on any atom is 0.196 e. The second-order valence-corrected chi connectivity index (χ2v) is 17.7. The van der Waals surface area contributed by atoms with E-state index in [1.54, 1.807) is 0 Å². The molecule has 3 heteroatoms. The van der Waals surface area contributed by atoms with Crippen molar-refractivity contribution in [3.8, 4) is 39.1 Å². The van der Waals surface area contributed by atoms with E-state index in [4.69, 9.17) is 4.74 Å². The van der Waals surface area contributed by atoms with E-state index in [9.17, 15) is 0 Å². The molecule has 3 nitrogen and oxygen atoms in total. The lowest BCUT2D eigenvalue weighted by Crippen LogP contribution is -2.18. The van der Waals surface area contributed by atoms with Crippen LogP contribution in [-0.2, 0) is 10.8 Å². The SMILES string of the molecule is CC1(C)c2ccccc2-c2ccc(N(c3ccc(-c4ccc5c(c4)c4c(c6ccccc65)NC(c5ccccc5)O4)cc3)c3ccc4c(c3)C(C)(C)c3ccccc3-4)cc21. The van der Waals surface area contributed by atoms with Crippen molar-refractivity contribution >= 4 is 44.3 Å². The third-order valence-electron chi connectivity index (χ3n) is 13.7. The zero-order valence-corrected chi connectivity index (χ0v) is 34.3. The average Bonchev–Trinajstić information content (AvgIpc) is 3.91. The minimum absolute atomic E-state index is 0.110. The van der Waals surface area contributed by atoms with E-state index in [1.165, 1.54) is 60.7 Å². The monoisotopic (exact) mass is 772 g/mol. The Labute approximate surface area is 351 Å². The van der Waals surface area contributed by atoms with Gasteiger partial charge in [-0.2, -0.15) is 0 Å². The molecule has 1 atom stereocenters. The Hall–Kier alpha value is -7.10. The molecule has 1 N–H and O–H groups in total. The lowest BCUT2D eigenvalue weighted by Gasteiger charge is -2.30. The Morgan fingerprint density at radius 3 is 1.55 bits per heavy atom. The van der Waals surface area contributed by atoms with Crippen LogP contribution in [0.3, 0.4) is 0 Å². The van der Waals surface area contributed by atoms with Crippen LogP contribution in [0.4, 0.5) is 22.7 Å². The molecule has 1 unspecified atom stereocenters. The van der Waals surface area contributed by atoms with Crippen molar-refractivity contribution in [2.45, 2.75) is 44.8 Å². The van der Waals surface area contributed by atoms with E-state index in [1.807, 2.05) is 6.07 Å². The highest BCUT2D eigenvalue weighted by Gasteiger charge is 2.38. The van der Waals surface area contributed by atoms with Crippen molar-refractivity contribution in [3.63, 3.8) is 0 Å². The van der Waals surface area contributed by atoms with Crippen LogP contribution < -0.4 is 15.0 Å². The fourth-order valence-electron chi connectivity index (χ4n) is 10.6. The van der Waals surface area contributed by atoms with Gasteiger partial charge in [-0.3, -0.25) is 0 Å². The zero-order chi connectivity index (χ0) is 40.3. The van der Waals surface area contributed by atoms with Crippen LogP contribution >= 0.6 is 0 Å². The first-order valence-corrected chi connectivity index (χ1v) is 21.1. The van der Waals surface area contributed by atoms with Gasteiger partial charge in [0.25, 0.3) is 0 Å². The van der Waals surface area contributed by atoms with E-state index >= 15 is 0 Å². The standard InChI is InChI=1S/C57H44N2O/c1-56(2)49-20-12-10-17-43(49)45-30-27-39(33-51(45)56)59(40-28-31-46-44-18-11-13-21-50(44)57(3,4)52(46)34-40)38-25-22-35(23-26-38)37-24-29-42-41-16-8-9-19-47(41)53-54(48(42)32-37)60-55(58-53)36-14-6-5-7-15-36/h5-34,55,58H,1-4H3. The van der Waals surface area contributed by atoms with Gasteiger partial charge in [0, 0.05) is 44.2 Å². The number of nitrogens with zero attached hydrogens (tertiary/aromatic N) is 1. The summed E-state index contributed by atoms with van der Waals surface area (Å²) in [5, 5.41) is 8.41. The Balaban J connectivity index is 0.978. The Kier molecular flexibility index (Phi) is 7.39. The number of fused-ring (bicyclic) bond motifs is 12. The van der Waals surface area contributed by atoms with Crippen molar-refractivity contribution in [3.05, 3.63) is 210 Å². The molecule has 0 saturated heterocycles. The lowest BCUT2D eigenvalue weighted by molar-refractivity contribution is 0.262. The van der Waals surface area contributed by atoms with Gasteiger partial charge in [0.15, 0.2) is 12.0 Å². The summed E-state index contributed by atoms with van der Waals surface area (Å²) in [7, 11) is 0. The molecular weight excluding hydrogens is 729 g/mol. The van der Waals surface area contributed by atoms with Crippen molar-refractivity contribution in [1.29, 1.82) is 0 Å². The molecular formula is C57H44N2O. The topological polar surface area (TPSA) is 24.5 Å². The summed E-state index contributed by atoms with van der Waals surface area (Å²) in [6, 6.07) is 66.9. The molecule has 3 aliphatic rings.